The van der Waals surface area contributed by atoms with Crippen molar-refractivity contribution in [1.82, 2.24) is 15.3 Å². The first-order chi connectivity index (χ1) is 13.0. The highest BCUT2D eigenvalue weighted by molar-refractivity contribution is 6.34. The zero-order valence-electron chi connectivity index (χ0n) is 14.4. The minimum absolute atomic E-state index is 0.274. The van der Waals surface area contributed by atoms with Gasteiger partial charge in [-0.05, 0) is 41.5 Å². The van der Waals surface area contributed by atoms with Gasteiger partial charge >= 0.3 is 0 Å². The molecule has 2 heterocycles. The number of halogens is 2. The number of nitrogens with one attached hydrogen (secondary N) is 1. The summed E-state index contributed by atoms with van der Waals surface area (Å²) in [6.07, 6.45) is 7.06. The van der Waals surface area contributed by atoms with Crippen molar-refractivity contribution in [3.63, 3.8) is 0 Å². The van der Waals surface area contributed by atoms with Gasteiger partial charge in [0.2, 0.25) is 5.91 Å². The van der Waals surface area contributed by atoms with E-state index in [0.717, 1.165) is 11.1 Å². The number of benzene rings is 1. The molecule has 1 atom stereocenters. The Morgan fingerprint density at radius 1 is 1.04 bits per heavy atom. The zero-order chi connectivity index (χ0) is 19.3. The van der Waals surface area contributed by atoms with Crippen LogP contribution in [0, 0.1) is 0 Å². The summed E-state index contributed by atoms with van der Waals surface area (Å²) >= 11 is 12.6. The Morgan fingerprint density at radius 2 is 1.70 bits per heavy atom. The van der Waals surface area contributed by atoms with Gasteiger partial charge in [0.25, 0.3) is 0 Å². The summed E-state index contributed by atoms with van der Waals surface area (Å²) in [4.78, 5) is 21.0. The van der Waals surface area contributed by atoms with Crippen molar-refractivity contribution in [2.45, 2.75) is 18.5 Å². The number of hydrogen-bond donors (Lipinski definition) is 2. The van der Waals surface area contributed by atoms with Gasteiger partial charge in [-0.25, -0.2) is 0 Å². The fraction of sp³-hybridized carbons (Fsp3) is 0.150. The van der Waals surface area contributed by atoms with E-state index in [1.165, 1.54) is 0 Å². The molecule has 0 saturated heterocycles. The van der Waals surface area contributed by atoms with Crippen molar-refractivity contribution >= 4 is 29.1 Å². The number of carbonyl (C=O) groups is 1. The van der Waals surface area contributed by atoms with Crippen molar-refractivity contribution < 1.29 is 4.79 Å². The van der Waals surface area contributed by atoms with Crippen LogP contribution in [0.4, 0.5) is 0 Å². The lowest BCUT2D eigenvalue weighted by Crippen LogP contribution is -2.54. The third kappa shape index (κ3) is 4.45. The molecule has 1 unspecified atom stereocenters. The maximum absolute atomic E-state index is 12.7. The van der Waals surface area contributed by atoms with E-state index in [1.807, 2.05) is 24.3 Å². The van der Waals surface area contributed by atoms with Crippen molar-refractivity contribution in [2.75, 3.05) is 0 Å². The molecule has 0 aliphatic rings. The topological polar surface area (TPSA) is 80.9 Å². The van der Waals surface area contributed by atoms with Crippen molar-refractivity contribution in [3.05, 3.63) is 94.0 Å². The number of hydrogen-bond acceptors (Lipinski definition) is 4. The van der Waals surface area contributed by atoms with E-state index in [4.69, 9.17) is 28.9 Å². The van der Waals surface area contributed by atoms with Crippen LogP contribution in [0.1, 0.15) is 16.7 Å². The van der Waals surface area contributed by atoms with E-state index in [-0.39, 0.29) is 6.42 Å². The van der Waals surface area contributed by atoms with Crippen LogP contribution in [0.15, 0.2) is 67.3 Å². The van der Waals surface area contributed by atoms with Gasteiger partial charge in [-0.2, -0.15) is 0 Å². The molecule has 0 bridgehead atoms. The lowest BCUT2D eigenvalue weighted by Gasteiger charge is -2.33. The van der Waals surface area contributed by atoms with Crippen LogP contribution < -0.4 is 11.1 Å². The Hall–Kier alpha value is -2.47. The van der Waals surface area contributed by atoms with Gasteiger partial charge in [-0.15, -0.1) is 0 Å². The fourth-order valence-electron chi connectivity index (χ4n) is 2.95. The predicted molar refractivity (Wildman–Crippen MR) is 106 cm³/mol. The molecule has 7 heteroatoms. The number of nitrogens with two attached hydrogens (primary N) is 1. The number of nitrogens with zero attached hydrogens (tertiary/aromatic N) is 2. The Bertz CT molecular complexity index is 922. The van der Waals surface area contributed by atoms with E-state index >= 15 is 0 Å². The van der Waals surface area contributed by atoms with Gasteiger partial charge in [0.05, 0.1) is 0 Å². The van der Waals surface area contributed by atoms with E-state index in [1.54, 1.807) is 43.0 Å². The Balaban J connectivity index is 2.07. The molecule has 0 aliphatic carbocycles. The van der Waals surface area contributed by atoms with Gasteiger partial charge < -0.3 is 5.73 Å². The summed E-state index contributed by atoms with van der Waals surface area (Å²) in [5.41, 5.74) is 6.91. The molecule has 3 aromatic rings. The molecule has 3 rings (SSSR count). The smallest absolute Gasteiger partial charge is 0.242 e. The second kappa shape index (κ2) is 8.48. The van der Waals surface area contributed by atoms with Gasteiger partial charge in [0, 0.05) is 53.4 Å². The Labute approximate surface area is 167 Å². The number of pyridine rings is 2. The summed E-state index contributed by atoms with van der Waals surface area (Å²) in [5, 5.41) is 4.17. The van der Waals surface area contributed by atoms with Crippen molar-refractivity contribution in [2.24, 2.45) is 5.73 Å². The average molecular weight is 401 g/mol. The number of amides is 1. The van der Waals surface area contributed by atoms with Gasteiger partial charge in [0.1, 0.15) is 5.54 Å². The van der Waals surface area contributed by atoms with Crippen LogP contribution in [0.5, 0.6) is 0 Å². The summed E-state index contributed by atoms with van der Waals surface area (Å²) < 4.78 is 0. The molecule has 3 N–H and O–H groups in total. The fourth-order valence-corrected chi connectivity index (χ4v) is 3.40. The van der Waals surface area contributed by atoms with Crippen LogP contribution in [0.3, 0.4) is 0 Å². The molecule has 0 spiro atoms. The highest BCUT2D eigenvalue weighted by Crippen LogP contribution is 2.34. The molecule has 1 aromatic carbocycles. The number of primary amides is 1. The molecule has 27 heavy (non-hydrogen) atoms. The Kier molecular flexibility index (Phi) is 6.06. The molecule has 0 radical (unpaired) electrons. The minimum atomic E-state index is -1.26. The molecule has 0 fully saturated rings. The molecule has 0 aliphatic heterocycles. The van der Waals surface area contributed by atoms with Crippen molar-refractivity contribution in [3.8, 4) is 0 Å². The van der Waals surface area contributed by atoms with Gasteiger partial charge in [-0.3, -0.25) is 20.1 Å². The first kappa shape index (κ1) is 19.3. The molecule has 2 aromatic heterocycles. The van der Waals surface area contributed by atoms with E-state index in [0.29, 0.717) is 22.2 Å². The monoisotopic (exact) mass is 400 g/mol. The predicted octanol–water partition coefficient (Wildman–Crippen LogP) is 3.50. The standard InChI is InChI=1S/C20H18Cl2N4O/c21-16-5-6-18(22)17(9-16)20(19(23)27,10-14-3-1-7-24-11-14)26-13-15-4-2-8-25-12-15/h1-9,11-12,26H,10,13H2,(H2,23,27). The molecule has 0 saturated carbocycles. The van der Waals surface area contributed by atoms with Crippen LogP contribution >= 0.6 is 23.2 Å². The number of aromatic nitrogens is 2. The average Bonchev–Trinajstić information content (AvgIpc) is 2.68. The lowest BCUT2D eigenvalue weighted by atomic mass is 9.83. The lowest BCUT2D eigenvalue weighted by molar-refractivity contribution is -0.125. The first-order valence-corrected chi connectivity index (χ1v) is 9.05. The van der Waals surface area contributed by atoms with Crippen LogP contribution in [0.25, 0.3) is 0 Å². The second-order valence-corrected chi connectivity index (χ2v) is 6.99. The maximum Gasteiger partial charge on any atom is 0.242 e. The normalized spacial score (nSPS) is 13.1. The third-order valence-corrected chi connectivity index (χ3v) is 4.88. The SMILES string of the molecule is NC(=O)C(Cc1cccnc1)(NCc1cccnc1)c1cc(Cl)ccc1Cl. The van der Waals surface area contributed by atoms with E-state index < -0.39 is 11.4 Å². The van der Waals surface area contributed by atoms with E-state index in [9.17, 15) is 4.79 Å². The van der Waals surface area contributed by atoms with Crippen LogP contribution in [0.2, 0.25) is 10.0 Å². The first-order valence-electron chi connectivity index (χ1n) is 8.29. The molecule has 1 amide bonds. The second-order valence-electron chi connectivity index (χ2n) is 6.15. The van der Waals surface area contributed by atoms with Gasteiger partial charge in [-0.1, -0.05) is 35.3 Å². The zero-order valence-corrected chi connectivity index (χ0v) is 15.9. The van der Waals surface area contributed by atoms with Crippen LogP contribution in [-0.2, 0) is 23.3 Å². The van der Waals surface area contributed by atoms with E-state index in [2.05, 4.69) is 15.3 Å². The largest absolute Gasteiger partial charge is 0.368 e. The van der Waals surface area contributed by atoms with Crippen molar-refractivity contribution in [1.29, 1.82) is 0 Å². The number of carbonyl (C=O) groups excluding carboxylic acids is 1. The highest BCUT2D eigenvalue weighted by atomic mass is 35.5. The molecular formula is C20H18Cl2N4O. The summed E-state index contributed by atoms with van der Waals surface area (Å²) in [7, 11) is 0. The highest BCUT2D eigenvalue weighted by Gasteiger charge is 2.40. The van der Waals surface area contributed by atoms with Gasteiger partial charge in [0.15, 0.2) is 0 Å². The van der Waals surface area contributed by atoms with Crippen LogP contribution in [-0.4, -0.2) is 15.9 Å². The molecular weight excluding hydrogens is 383 g/mol. The summed E-state index contributed by atoms with van der Waals surface area (Å²) in [6, 6.07) is 12.4. The maximum atomic E-state index is 12.7. The number of rotatable bonds is 7. The molecule has 5 nitrogen and oxygen atoms in total. The quantitative estimate of drug-likeness (QED) is 0.635. The Morgan fingerprint density at radius 3 is 2.30 bits per heavy atom. The summed E-state index contributed by atoms with van der Waals surface area (Å²) in [5.74, 6) is -0.556. The third-order valence-electron chi connectivity index (χ3n) is 4.32. The summed E-state index contributed by atoms with van der Waals surface area (Å²) in [6.45, 7) is 0.375. The minimum Gasteiger partial charge on any atom is -0.368 e. The molecule has 138 valence electrons.